The molecule has 8 heteroatoms. The Balaban J connectivity index is 1.77. The number of aryl methyl sites for hydroxylation is 3. The quantitative estimate of drug-likeness (QED) is 0.781. The van der Waals surface area contributed by atoms with Gasteiger partial charge < -0.3 is 9.42 Å². The van der Waals surface area contributed by atoms with Gasteiger partial charge >= 0.3 is 0 Å². The molecule has 152 valence electrons. The van der Waals surface area contributed by atoms with Gasteiger partial charge in [-0.2, -0.15) is 4.31 Å². The molecular formula is C20H27N3O4S. The minimum absolute atomic E-state index is 0.0473. The number of rotatable bonds is 4. The molecule has 0 spiro atoms. The molecule has 1 saturated heterocycles. The lowest BCUT2D eigenvalue weighted by Gasteiger charge is -2.34. The molecule has 1 fully saturated rings. The minimum atomic E-state index is -3.58. The van der Waals surface area contributed by atoms with Crippen LogP contribution in [0, 0.1) is 20.8 Å². The average Bonchev–Trinajstić information content (AvgIpc) is 3.05. The van der Waals surface area contributed by atoms with Crippen LogP contribution in [0.4, 0.5) is 0 Å². The van der Waals surface area contributed by atoms with E-state index >= 15 is 0 Å². The summed E-state index contributed by atoms with van der Waals surface area (Å²) in [4.78, 5) is 15.0. The van der Waals surface area contributed by atoms with Crippen molar-refractivity contribution in [2.75, 3.05) is 26.2 Å². The smallest absolute Gasteiger partial charge is 0.259 e. The largest absolute Gasteiger partial charge is 0.360 e. The van der Waals surface area contributed by atoms with Gasteiger partial charge in [0, 0.05) is 32.1 Å². The molecule has 2 aromatic rings. The summed E-state index contributed by atoms with van der Waals surface area (Å²) >= 11 is 0. The number of piperazine rings is 1. The molecule has 1 aliphatic heterocycles. The van der Waals surface area contributed by atoms with Crippen LogP contribution in [0.1, 0.15) is 52.7 Å². The molecule has 7 nitrogen and oxygen atoms in total. The van der Waals surface area contributed by atoms with Crippen molar-refractivity contribution >= 4 is 15.9 Å². The molecule has 0 N–H and O–H groups in total. The summed E-state index contributed by atoms with van der Waals surface area (Å²) in [6.45, 7) is 10.5. The molecule has 3 rings (SSSR count). The van der Waals surface area contributed by atoms with Crippen molar-refractivity contribution < 1.29 is 17.7 Å². The monoisotopic (exact) mass is 405 g/mol. The molecule has 0 aliphatic carbocycles. The number of benzene rings is 1. The van der Waals surface area contributed by atoms with Crippen LogP contribution < -0.4 is 0 Å². The van der Waals surface area contributed by atoms with Gasteiger partial charge in [0.25, 0.3) is 5.91 Å². The molecule has 2 heterocycles. The van der Waals surface area contributed by atoms with E-state index < -0.39 is 10.0 Å². The van der Waals surface area contributed by atoms with Gasteiger partial charge in [-0.05, 0) is 38.0 Å². The van der Waals surface area contributed by atoms with Gasteiger partial charge in [-0.25, -0.2) is 8.42 Å². The van der Waals surface area contributed by atoms with E-state index in [0.29, 0.717) is 35.0 Å². The van der Waals surface area contributed by atoms with E-state index in [9.17, 15) is 13.2 Å². The van der Waals surface area contributed by atoms with E-state index in [1.54, 1.807) is 24.8 Å². The van der Waals surface area contributed by atoms with Crippen molar-refractivity contribution in [2.45, 2.75) is 45.4 Å². The Kier molecular flexibility index (Phi) is 5.63. The number of carbonyl (C=O) groups excluding carboxylic acids is 1. The van der Waals surface area contributed by atoms with Crippen LogP contribution in [0.15, 0.2) is 27.6 Å². The van der Waals surface area contributed by atoms with E-state index in [2.05, 4.69) is 5.16 Å². The molecule has 0 unspecified atom stereocenters. The van der Waals surface area contributed by atoms with Gasteiger partial charge in [-0.3, -0.25) is 4.79 Å². The van der Waals surface area contributed by atoms with E-state index in [0.717, 1.165) is 11.1 Å². The molecule has 0 bridgehead atoms. The molecule has 0 atom stereocenters. The Morgan fingerprint density at radius 2 is 1.75 bits per heavy atom. The van der Waals surface area contributed by atoms with E-state index in [1.807, 2.05) is 32.9 Å². The Morgan fingerprint density at radius 3 is 2.36 bits per heavy atom. The van der Waals surface area contributed by atoms with Crippen LogP contribution >= 0.6 is 0 Å². The van der Waals surface area contributed by atoms with E-state index in [-0.39, 0.29) is 24.9 Å². The number of hydrogen-bond acceptors (Lipinski definition) is 5. The second kappa shape index (κ2) is 7.67. The van der Waals surface area contributed by atoms with Crippen LogP contribution in [-0.2, 0) is 10.0 Å². The third-order valence-corrected chi connectivity index (χ3v) is 7.16. The molecule has 1 aliphatic rings. The predicted molar refractivity (Wildman–Crippen MR) is 106 cm³/mol. The zero-order valence-electron chi connectivity index (χ0n) is 17.0. The molecule has 0 saturated carbocycles. The lowest BCUT2D eigenvalue weighted by molar-refractivity contribution is 0.0694. The average molecular weight is 406 g/mol. The lowest BCUT2D eigenvalue weighted by atomic mass is 10.0. The number of amides is 1. The number of carbonyl (C=O) groups is 1. The maximum atomic E-state index is 13.1. The third-order valence-electron chi connectivity index (χ3n) is 5.11. The van der Waals surface area contributed by atoms with Crippen molar-refractivity contribution in [3.63, 3.8) is 0 Å². The number of sulfonamides is 1. The molecule has 1 aromatic carbocycles. The molecule has 28 heavy (non-hydrogen) atoms. The highest BCUT2D eigenvalue weighted by Gasteiger charge is 2.33. The standard InChI is InChI=1S/C20H27N3O4S/c1-13(2)19-18(16(5)21-27-19)20(24)22-8-10-23(11-9-22)28(25,26)17-12-14(3)6-7-15(17)4/h6-7,12-13H,8-11H2,1-5H3. The molecule has 1 aromatic heterocycles. The Morgan fingerprint density at radius 1 is 1.11 bits per heavy atom. The van der Waals surface area contributed by atoms with Crippen LogP contribution in [0.2, 0.25) is 0 Å². The SMILES string of the molecule is Cc1ccc(C)c(S(=O)(=O)N2CCN(C(=O)c3c(C)noc3C(C)C)CC2)c1. The van der Waals surface area contributed by atoms with Gasteiger partial charge in [-0.15, -0.1) is 0 Å². The summed E-state index contributed by atoms with van der Waals surface area (Å²) in [5.41, 5.74) is 2.70. The fourth-order valence-electron chi connectivity index (χ4n) is 3.46. The number of aromatic nitrogens is 1. The highest BCUT2D eigenvalue weighted by atomic mass is 32.2. The normalized spacial score (nSPS) is 16.0. The topological polar surface area (TPSA) is 83.7 Å². The van der Waals surface area contributed by atoms with Gasteiger partial charge in [-0.1, -0.05) is 31.1 Å². The number of hydrogen-bond donors (Lipinski definition) is 0. The first-order valence-electron chi connectivity index (χ1n) is 9.45. The van der Waals surface area contributed by atoms with E-state index in [1.165, 1.54) is 4.31 Å². The van der Waals surface area contributed by atoms with Crippen molar-refractivity contribution in [3.8, 4) is 0 Å². The zero-order chi connectivity index (χ0) is 20.6. The van der Waals surface area contributed by atoms with Crippen molar-refractivity contribution in [3.05, 3.63) is 46.3 Å². The first-order chi connectivity index (χ1) is 13.1. The first-order valence-corrected chi connectivity index (χ1v) is 10.9. The minimum Gasteiger partial charge on any atom is -0.360 e. The van der Waals surface area contributed by atoms with Gasteiger partial charge in [0.15, 0.2) is 5.76 Å². The van der Waals surface area contributed by atoms with Crippen molar-refractivity contribution in [2.24, 2.45) is 0 Å². The maximum Gasteiger partial charge on any atom is 0.259 e. The fourth-order valence-corrected chi connectivity index (χ4v) is 5.19. The summed E-state index contributed by atoms with van der Waals surface area (Å²) < 4.78 is 32.9. The van der Waals surface area contributed by atoms with Gasteiger partial charge in [0.05, 0.1) is 10.6 Å². The summed E-state index contributed by atoms with van der Waals surface area (Å²) in [5, 5.41) is 3.94. The Labute approximate surface area is 166 Å². The third kappa shape index (κ3) is 3.71. The summed E-state index contributed by atoms with van der Waals surface area (Å²) in [7, 11) is -3.58. The predicted octanol–water partition coefficient (Wildman–Crippen LogP) is 2.87. The lowest BCUT2D eigenvalue weighted by Crippen LogP contribution is -2.50. The maximum absolute atomic E-state index is 13.1. The molecular weight excluding hydrogens is 378 g/mol. The van der Waals surface area contributed by atoms with Crippen LogP contribution in [0.5, 0.6) is 0 Å². The van der Waals surface area contributed by atoms with Gasteiger partial charge in [0.1, 0.15) is 5.56 Å². The summed E-state index contributed by atoms with van der Waals surface area (Å²) in [6, 6.07) is 5.43. The first kappa shape index (κ1) is 20.5. The van der Waals surface area contributed by atoms with E-state index in [4.69, 9.17) is 4.52 Å². The molecule has 0 radical (unpaired) electrons. The van der Waals surface area contributed by atoms with Crippen LogP contribution in [0.25, 0.3) is 0 Å². The summed E-state index contributed by atoms with van der Waals surface area (Å²) in [6.07, 6.45) is 0. The summed E-state index contributed by atoms with van der Waals surface area (Å²) in [5.74, 6) is 0.477. The van der Waals surface area contributed by atoms with Crippen molar-refractivity contribution in [1.82, 2.24) is 14.4 Å². The second-order valence-corrected chi connectivity index (χ2v) is 9.53. The van der Waals surface area contributed by atoms with Crippen LogP contribution in [-0.4, -0.2) is 54.9 Å². The zero-order valence-corrected chi connectivity index (χ0v) is 17.8. The van der Waals surface area contributed by atoms with Gasteiger partial charge in [0.2, 0.25) is 10.0 Å². The fraction of sp³-hybridized carbons (Fsp3) is 0.500. The highest BCUT2D eigenvalue weighted by Crippen LogP contribution is 2.26. The number of nitrogens with zero attached hydrogens (tertiary/aromatic N) is 3. The van der Waals surface area contributed by atoms with Crippen molar-refractivity contribution in [1.29, 1.82) is 0 Å². The Hall–Kier alpha value is -2.19. The second-order valence-electron chi connectivity index (χ2n) is 7.63. The Bertz CT molecular complexity index is 987. The molecule has 1 amide bonds. The highest BCUT2D eigenvalue weighted by molar-refractivity contribution is 7.89. The van der Waals surface area contributed by atoms with Crippen LogP contribution in [0.3, 0.4) is 0 Å².